The van der Waals surface area contributed by atoms with Gasteiger partial charge < -0.3 is 15.9 Å². The lowest BCUT2D eigenvalue weighted by molar-refractivity contribution is 0.0651. The summed E-state index contributed by atoms with van der Waals surface area (Å²) >= 11 is 0. The summed E-state index contributed by atoms with van der Waals surface area (Å²) in [6.45, 7) is 0. The molecule has 0 spiro atoms. The monoisotopic (exact) mass is 271 g/mol. The minimum absolute atomic E-state index is 0.218. The van der Waals surface area contributed by atoms with Crippen molar-refractivity contribution in [3.8, 4) is 0 Å². The van der Waals surface area contributed by atoms with Crippen molar-refractivity contribution in [3.63, 3.8) is 0 Å². The second-order valence-corrected chi connectivity index (χ2v) is 4.37. The van der Waals surface area contributed by atoms with Crippen molar-refractivity contribution in [2.75, 3.05) is 5.73 Å². The average Bonchev–Trinajstić information content (AvgIpc) is 2.41. The van der Waals surface area contributed by atoms with Gasteiger partial charge in [0.15, 0.2) is 0 Å². The summed E-state index contributed by atoms with van der Waals surface area (Å²) < 4.78 is 0. The van der Waals surface area contributed by atoms with Crippen LogP contribution in [0, 0.1) is 0 Å². The normalized spacial score (nSPS) is 10.2. The zero-order valence-electron chi connectivity index (χ0n) is 10.5. The smallest absolute Gasteiger partial charge is 0.336 e. The van der Waals surface area contributed by atoms with E-state index < -0.39 is 11.9 Å². The van der Waals surface area contributed by atoms with Crippen LogP contribution in [0.1, 0.15) is 31.8 Å². The first kappa shape index (κ1) is 13.6. The molecule has 0 saturated carbocycles. The molecule has 102 valence electrons. The van der Waals surface area contributed by atoms with E-state index in [9.17, 15) is 9.59 Å². The first-order chi connectivity index (χ1) is 9.49. The van der Waals surface area contributed by atoms with Crippen molar-refractivity contribution >= 4 is 17.6 Å². The Hall–Kier alpha value is -2.82. The van der Waals surface area contributed by atoms with Crippen LogP contribution >= 0.6 is 0 Å². The first-order valence-electron chi connectivity index (χ1n) is 5.92. The molecule has 0 aromatic heterocycles. The van der Waals surface area contributed by atoms with Gasteiger partial charge in [-0.2, -0.15) is 0 Å². The van der Waals surface area contributed by atoms with Crippen LogP contribution < -0.4 is 5.73 Å². The van der Waals surface area contributed by atoms with E-state index in [4.69, 9.17) is 15.9 Å². The van der Waals surface area contributed by atoms with E-state index in [-0.39, 0.29) is 11.1 Å². The third kappa shape index (κ3) is 2.77. The number of carbonyl (C=O) groups is 2. The Labute approximate surface area is 115 Å². The Morgan fingerprint density at radius 2 is 1.60 bits per heavy atom. The van der Waals surface area contributed by atoms with E-state index in [1.165, 1.54) is 12.1 Å². The van der Waals surface area contributed by atoms with Crippen molar-refractivity contribution in [2.45, 2.75) is 6.42 Å². The van der Waals surface area contributed by atoms with E-state index in [2.05, 4.69) is 0 Å². The number of carboxylic acid groups (broad SMARTS) is 2. The van der Waals surface area contributed by atoms with Gasteiger partial charge in [0.2, 0.25) is 0 Å². The molecule has 5 nitrogen and oxygen atoms in total. The van der Waals surface area contributed by atoms with Gasteiger partial charge in [0.1, 0.15) is 0 Å². The highest BCUT2D eigenvalue weighted by Crippen LogP contribution is 2.19. The zero-order valence-corrected chi connectivity index (χ0v) is 10.5. The molecule has 0 radical (unpaired) electrons. The second kappa shape index (κ2) is 5.44. The van der Waals surface area contributed by atoms with Crippen LogP contribution in [-0.4, -0.2) is 22.2 Å². The van der Waals surface area contributed by atoms with Gasteiger partial charge in [-0.25, -0.2) is 9.59 Å². The topological polar surface area (TPSA) is 101 Å². The van der Waals surface area contributed by atoms with Crippen LogP contribution in [0.2, 0.25) is 0 Å². The number of para-hydroxylation sites is 1. The molecular weight excluding hydrogens is 258 g/mol. The summed E-state index contributed by atoms with van der Waals surface area (Å²) in [6.07, 6.45) is 0.451. The van der Waals surface area contributed by atoms with Crippen LogP contribution in [0.25, 0.3) is 0 Å². The van der Waals surface area contributed by atoms with E-state index in [1.54, 1.807) is 12.1 Å². The van der Waals surface area contributed by atoms with E-state index in [0.29, 0.717) is 17.7 Å². The lowest BCUT2D eigenvalue weighted by Crippen LogP contribution is -2.09. The largest absolute Gasteiger partial charge is 0.478 e. The molecule has 0 fully saturated rings. The predicted molar refractivity (Wildman–Crippen MR) is 74.0 cm³/mol. The Balaban J connectivity index is 2.40. The number of aromatic carboxylic acids is 2. The Morgan fingerprint density at radius 1 is 0.950 bits per heavy atom. The molecule has 5 heteroatoms. The minimum atomic E-state index is -1.26. The summed E-state index contributed by atoms with van der Waals surface area (Å²) in [6, 6.07) is 11.5. The van der Waals surface area contributed by atoms with Crippen molar-refractivity contribution in [2.24, 2.45) is 0 Å². The van der Waals surface area contributed by atoms with Crippen molar-refractivity contribution in [1.29, 1.82) is 0 Å². The number of benzene rings is 2. The Kier molecular flexibility index (Phi) is 3.70. The maximum Gasteiger partial charge on any atom is 0.336 e. The maximum absolute atomic E-state index is 11.1. The number of nitrogens with two attached hydrogens (primary N) is 1. The maximum atomic E-state index is 11.1. The zero-order chi connectivity index (χ0) is 14.7. The molecule has 2 rings (SSSR count). The molecule has 0 unspecified atom stereocenters. The van der Waals surface area contributed by atoms with Crippen molar-refractivity contribution in [1.82, 2.24) is 0 Å². The van der Waals surface area contributed by atoms with Crippen LogP contribution in [0.4, 0.5) is 5.69 Å². The lowest BCUT2D eigenvalue weighted by Gasteiger charge is -2.08. The van der Waals surface area contributed by atoms with Gasteiger partial charge in [-0.3, -0.25) is 0 Å². The number of nitrogen functional groups attached to an aromatic ring is 1. The molecule has 0 aliphatic rings. The van der Waals surface area contributed by atoms with Crippen LogP contribution in [0.5, 0.6) is 0 Å². The lowest BCUT2D eigenvalue weighted by atomic mass is 9.98. The molecule has 0 bridgehead atoms. The molecule has 0 saturated heterocycles. The van der Waals surface area contributed by atoms with Crippen LogP contribution in [-0.2, 0) is 6.42 Å². The van der Waals surface area contributed by atoms with E-state index >= 15 is 0 Å². The molecule has 0 amide bonds. The van der Waals surface area contributed by atoms with Gasteiger partial charge in [0, 0.05) is 5.69 Å². The number of rotatable bonds is 4. The SMILES string of the molecule is Nc1ccccc1Cc1ccc(C(=O)O)c(C(=O)O)c1. The number of anilines is 1. The molecule has 4 N–H and O–H groups in total. The molecule has 20 heavy (non-hydrogen) atoms. The number of hydrogen-bond donors (Lipinski definition) is 3. The molecule has 2 aromatic rings. The van der Waals surface area contributed by atoms with Gasteiger partial charge in [0.05, 0.1) is 11.1 Å². The minimum Gasteiger partial charge on any atom is -0.478 e. The fraction of sp³-hybridized carbons (Fsp3) is 0.0667. The van der Waals surface area contributed by atoms with Gasteiger partial charge in [0.25, 0.3) is 0 Å². The molecule has 0 atom stereocenters. The highest BCUT2D eigenvalue weighted by molar-refractivity contribution is 6.01. The van der Waals surface area contributed by atoms with Gasteiger partial charge >= 0.3 is 11.9 Å². The first-order valence-corrected chi connectivity index (χ1v) is 5.92. The molecule has 0 heterocycles. The van der Waals surface area contributed by atoms with E-state index in [0.717, 1.165) is 5.56 Å². The fourth-order valence-corrected chi connectivity index (χ4v) is 1.98. The fourth-order valence-electron chi connectivity index (χ4n) is 1.98. The molecule has 0 aliphatic carbocycles. The molecular formula is C15H13NO4. The highest BCUT2D eigenvalue weighted by atomic mass is 16.4. The highest BCUT2D eigenvalue weighted by Gasteiger charge is 2.16. The molecule has 2 aromatic carbocycles. The third-order valence-electron chi connectivity index (χ3n) is 2.99. The Morgan fingerprint density at radius 3 is 2.20 bits per heavy atom. The number of carboxylic acids is 2. The van der Waals surface area contributed by atoms with Crippen LogP contribution in [0.15, 0.2) is 42.5 Å². The average molecular weight is 271 g/mol. The quantitative estimate of drug-likeness (QED) is 0.740. The van der Waals surface area contributed by atoms with Crippen LogP contribution in [0.3, 0.4) is 0 Å². The number of hydrogen-bond acceptors (Lipinski definition) is 3. The summed E-state index contributed by atoms with van der Waals surface area (Å²) in [4.78, 5) is 22.1. The second-order valence-electron chi connectivity index (χ2n) is 4.37. The third-order valence-corrected chi connectivity index (χ3v) is 2.99. The van der Waals surface area contributed by atoms with Gasteiger partial charge in [-0.1, -0.05) is 24.3 Å². The van der Waals surface area contributed by atoms with Gasteiger partial charge in [-0.15, -0.1) is 0 Å². The standard InChI is InChI=1S/C15H13NO4/c16-13-4-2-1-3-10(13)7-9-5-6-11(14(17)18)12(8-9)15(19)20/h1-6,8H,7,16H2,(H,17,18)(H,19,20). The van der Waals surface area contributed by atoms with Gasteiger partial charge in [-0.05, 0) is 35.7 Å². The summed E-state index contributed by atoms with van der Waals surface area (Å²) in [7, 11) is 0. The summed E-state index contributed by atoms with van der Waals surface area (Å²) in [5, 5.41) is 18.0. The summed E-state index contributed by atoms with van der Waals surface area (Å²) in [5.74, 6) is -2.52. The van der Waals surface area contributed by atoms with E-state index in [1.807, 2.05) is 18.2 Å². The predicted octanol–water partition coefficient (Wildman–Crippen LogP) is 2.26. The summed E-state index contributed by atoms with van der Waals surface area (Å²) in [5.41, 5.74) is 7.58. The Bertz CT molecular complexity index is 679. The molecule has 0 aliphatic heterocycles. The van der Waals surface area contributed by atoms with Crippen molar-refractivity contribution in [3.05, 3.63) is 64.7 Å². The van der Waals surface area contributed by atoms with Crippen molar-refractivity contribution < 1.29 is 19.8 Å².